The van der Waals surface area contributed by atoms with Gasteiger partial charge in [-0.2, -0.15) is 0 Å². The zero-order valence-corrected chi connectivity index (χ0v) is 18.0. The molecule has 0 bridgehead atoms. The van der Waals surface area contributed by atoms with Gasteiger partial charge in [-0.05, 0) is 17.7 Å². The maximum atomic E-state index is 12.0. The molecule has 0 saturated heterocycles. The van der Waals surface area contributed by atoms with E-state index in [0.29, 0.717) is 11.1 Å². The van der Waals surface area contributed by atoms with Crippen molar-refractivity contribution in [2.45, 2.75) is 12.5 Å². The molecule has 0 aliphatic heterocycles. The summed E-state index contributed by atoms with van der Waals surface area (Å²) in [5.41, 5.74) is 1.84. The largest absolute Gasteiger partial charge is 0.480 e. The molecule has 0 unspecified atom stereocenters. The van der Waals surface area contributed by atoms with Crippen LogP contribution in [0.3, 0.4) is 0 Å². The average molecular weight is 477 g/mol. The topological polar surface area (TPSA) is 116 Å². The minimum absolute atomic E-state index is 0. The van der Waals surface area contributed by atoms with E-state index in [9.17, 15) is 19.5 Å². The molecule has 0 aromatic heterocycles. The molecule has 3 aromatic rings. The third-order valence-corrected chi connectivity index (χ3v) is 4.16. The zero-order valence-electron chi connectivity index (χ0n) is 16.9. The first-order valence-electron chi connectivity index (χ1n) is 9.40. The third kappa shape index (κ3) is 8.94. The van der Waals surface area contributed by atoms with Gasteiger partial charge in [0.05, 0.1) is 0 Å². The van der Waals surface area contributed by atoms with Crippen LogP contribution in [0.25, 0.3) is 0 Å². The van der Waals surface area contributed by atoms with Gasteiger partial charge >= 0.3 is 5.97 Å². The number of carboxylic acids is 1. The molecule has 0 aliphatic rings. The molecule has 3 N–H and O–H groups in total. The summed E-state index contributed by atoms with van der Waals surface area (Å²) in [6, 6.07) is 25.5. The van der Waals surface area contributed by atoms with Crippen LogP contribution in [0.2, 0.25) is 0 Å². The first-order valence-corrected chi connectivity index (χ1v) is 9.40. The molecule has 32 heavy (non-hydrogen) atoms. The van der Waals surface area contributed by atoms with Crippen LogP contribution in [-0.4, -0.2) is 40.2 Å². The fraction of sp³-hybridized carbons (Fsp3) is 0.0833. The molecule has 0 aliphatic carbocycles. The van der Waals surface area contributed by atoms with Gasteiger partial charge in [0.25, 0.3) is 5.91 Å². The van der Waals surface area contributed by atoms with E-state index in [2.05, 4.69) is 10.5 Å². The van der Waals surface area contributed by atoms with Crippen molar-refractivity contribution in [3.63, 3.8) is 0 Å². The van der Waals surface area contributed by atoms with Gasteiger partial charge in [-0.1, -0.05) is 84.0 Å². The molecular weight excluding hydrogens is 455 g/mol. The second-order valence-corrected chi connectivity index (χ2v) is 6.39. The van der Waals surface area contributed by atoms with Crippen molar-refractivity contribution in [1.29, 1.82) is 0 Å². The van der Waals surface area contributed by atoms with Gasteiger partial charge < -0.3 is 15.6 Å². The van der Waals surface area contributed by atoms with Crippen LogP contribution in [0, 0.1) is 0 Å². The first-order chi connectivity index (χ1) is 15.0. The number of nitrogens with one attached hydrogen (secondary N) is 1. The van der Waals surface area contributed by atoms with Crippen LogP contribution in [0.4, 0.5) is 0 Å². The van der Waals surface area contributed by atoms with Gasteiger partial charge in [0, 0.05) is 34.3 Å². The molecular formula is C24H22CoN2O5. The second-order valence-electron chi connectivity index (χ2n) is 6.39. The minimum Gasteiger partial charge on any atom is -0.480 e. The van der Waals surface area contributed by atoms with Crippen molar-refractivity contribution in [3.8, 4) is 0 Å². The predicted octanol–water partition coefficient (Wildman–Crippen LogP) is 3.44. The average Bonchev–Trinajstić information content (AvgIpc) is 2.81. The molecule has 0 saturated carbocycles. The Kier molecular flexibility index (Phi) is 11.7. The molecule has 1 atom stereocenters. The van der Waals surface area contributed by atoms with Crippen molar-refractivity contribution in [2.24, 2.45) is 5.16 Å². The fourth-order valence-electron chi connectivity index (χ4n) is 2.61. The molecule has 1 amide bonds. The molecule has 8 heteroatoms. The van der Waals surface area contributed by atoms with Gasteiger partial charge in [-0.15, -0.1) is 0 Å². The van der Waals surface area contributed by atoms with Gasteiger partial charge in [0.15, 0.2) is 0 Å². The van der Waals surface area contributed by atoms with Crippen molar-refractivity contribution < 1.29 is 41.5 Å². The van der Waals surface area contributed by atoms with Crippen LogP contribution < -0.4 is 5.32 Å². The normalized spacial score (nSPS) is 10.8. The SMILES string of the molecule is O=C(/C=N/O)c1ccccc1.O=C(N[C@@H](Cc1ccccc1)C(=O)O)c1ccccc1.[Co]. The van der Waals surface area contributed by atoms with Crippen molar-refractivity contribution in [1.82, 2.24) is 5.32 Å². The molecule has 1 radical (unpaired) electrons. The monoisotopic (exact) mass is 477 g/mol. The number of nitrogens with zero attached hydrogens (tertiary/aromatic N) is 1. The quantitative estimate of drug-likeness (QED) is 0.209. The number of carbonyl (C=O) groups is 3. The van der Waals surface area contributed by atoms with E-state index in [1.807, 2.05) is 36.4 Å². The van der Waals surface area contributed by atoms with Gasteiger partial charge in [0.1, 0.15) is 12.3 Å². The number of amides is 1. The summed E-state index contributed by atoms with van der Waals surface area (Å²) in [7, 11) is 0. The van der Waals surface area contributed by atoms with E-state index in [4.69, 9.17) is 5.21 Å². The summed E-state index contributed by atoms with van der Waals surface area (Å²) in [6.45, 7) is 0. The molecule has 7 nitrogen and oxygen atoms in total. The maximum absolute atomic E-state index is 12.0. The number of carboxylic acid groups (broad SMARTS) is 1. The maximum Gasteiger partial charge on any atom is 0.326 e. The van der Waals surface area contributed by atoms with E-state index < -0.39 is 12.0 Å². The fourth-order valence-corrected chi connectivity index (χ4v) is 2.61. The second kappa shape index (κ2) is 14.3. The number of oxime groups is 1. The number of aliphatic carboxylic acids is 1. The third-order valence-electron chi connectivity index (χ3n) is 4.16. The molecule has 0 heterocycles. The van der Waals surface area contributed by atoms with Crippen LogP contribution in [0.5, 0.6) is 0 Å². The minimum atomic E-state index is -1.04. The van der Waals surface area contributed by atoms with Crippen LogP contribution >= 0.6 is 0 Å². The first kappa shape index (κ1) is 26.3. The van der Waals surface area contributed by atoms with Crippen LogP contribution in [0.15, 0.2) is 96.2 Å². The van der Waals surface area contributed by atoms with Gasteiger partial charge in [-0.3, -0.25) is 9.59 Å². The Morgan fingerprint density at radius 3 is 1.75 bits per heavy atom. The Bertz CT molecular complexity index is 1010. The van der Waals surface area contributed by atoms with Crippen LogP contribution in [0.1, 0.15) is 26.3 Å². The predicted molar refractivity (Wildman–Crippen MR) is 117 cm³/mol. The number of benzene rings is 3. The van der Waals surface area contributed by atoms with E-state index >= 15 is 0 Å². The molecule has 0 fully saturated rings. The Balaban J connectivity index is 0.000000364. The Labute approximate surface area is 196 Å². The molecule has 167 valence electrons. The van der Waals surface area contributed by atoms with E-state index in [-0.39, 0.29) is 34.9 Å². The summed E-state index contributed by atoms with van der Waals surface area (Å²) in [5, 5.41) is 22.4. The standard InChI is InChI=1S/C16H15NO3.C8H7NO2.Co/c18-15(13-9-5-2-6-10-13)17-14(16(19)20)11-12-7-3-1-4-8-12;10-8(6-9-11)7-4-2-1-3-5-7;/h1-10,14H,11H2,(H,17,18)(H,19,20);1-6,11H;/b;9-6+;/t14-;;/m0../s1. The van der Waals surface area contributed by atoms with E-state index in [0.717, 1.165) is 11.8 Å². The Hall–Kier alpha value is -3.75. The van der Waals surface area contributed by atoms with Gasteiger partial charge in [0.2, 0.25) is 5.78 Å². The summed E-state index contributed by atoms with van der Waals surface area (Å²) >= 11 is 0. The molecule has 3 aromatic carbocycles. The smallest absolute Gasteiger partial charge is 0.326 e. The number of hydrogen-bond acceptors (Lipinski definition) is 5. The number of Topliss-reactive ketones (excluding diaryl/α,β-unsaturated/α-hetero) is 1. The molecule has 3 rings (SSSR count). The number of rotatable bonds is 7. The van der Waals surface area contributed by atoms with Crippen molar-refractivity contribution in [2.75, 3.05) is 0 Å². The zero-order chi connectivity index (χ0) is 22.5. The van der Waals surface area contributed by atoms with Crippen molar-refractivity contribution in [3.05, 3.63) is 108 Å². The Morgan fingerprint density at radius 2 is 1.28 bits per heavy atom. The number of carbonyl (C=O) groups excluding carboxylic acids is 2. The number of ketones is 1. The summed E-state index contributed by atoms with van der Waals surface area (Å²) in [6.07, 6.45) is 1.13. The van der Waals surface area contributed by atoms with Crippen molar-refractivity contribution >= 4 is 23.9 Å². The van der Waals surface area contributed by atoms with Crippen LogP contribution in [-0.2, 0) is 28.0 Å². The Morgan fingerprint density at radius 1 is 0.812 bits per heavy atom. The summed E-state index contributed by atoms with van der Waals surface area (Å²) in [4.78, 5) is 34.2. The molecule has 0 spiro atoms. The summed E-state index contributed by atoms with van der Waals surface area (Å²) in [5.74, 6) is -1.72. The van der Waals surface area contributed by atoms with E-state index in [1.54, 1.807) is 54.6 Å². The summed E-state index contributed by atoms with van der Waals surface area (Å²) < 4.78 is 0. The van der Waals surface area contributed by atoms with Gasteiger partial charge in [-0.25, -0.2) is 4.79 Å². The number of hydrogen-bond donors (Lipinski definition) is 3. The van der Waals surface area contributed by atoms with E-state index in [1.165, 1.54) is 0 Å².